The molecule has 0 saturated heterocycles. The Kier molecular flexibility index (Phi) is 7.47. The molecule has 0 unspecified atom stereocenters. The van der Waals surface area contributed by atoms with Gasteiger partial charge in [-0.2, -0.15) is 0 Å². The Labute approximate surface area is 162 Å². The number of hydrogen-bond acceptors (Lipinski definition) is 3. The van der Waals surface area contributed by atoms with E-state index in [0.29, 0.717) is 30.6 Å². The van der Waals surface area contributed by atoms with Gasteiger partial charge >= 0.3 is 0 Å². The van der Waals surface area contributed by atoms with Crippen molar-refractivity contribution in [3.8, 4) is 11.5 Å². The summed E-state index contributed by atoms with van der Waals surface area (Å²) in [6.45, 7) is 11.2. The molecule has 0 aliphatic carbocycles. The van der Waals surface area contributed by atoms with Crippen LogP contribution in [-0.4, -0.2) is 19.1 Å². The quantitative estimate of drug-likeness (QED) is 0.621. The van der Waals surface area contributed by atoms with Gasteiger partial charge in [0.05, 0.1) is 13.2 Å². The molecule has 2 rings (SSSR count). The Hall–Kier alpha value is -2.75. The molecule has 4 nitrogen and oxygen atoms in total. The van der Waals surface area contributed by atoms with Crippen molar-refractivity contribution < 1.29 is 14.3 Å². The Morgan fingerprint density at radius 1 is 1.07 bits per heavy atom. The zero-order chi connectivity index (χ0) is 19.8. The number of benzene rings is 2. The smallest absolute Gasteiger partial charge is 0.248 e. The van der Waals surface area contributed by atoms with Crippen LogP contribution in [-0.2, 0) is 4.79 Å². The second-order valence-electron chi connectivity index (χ2n) is 6.59. The van der Waals surface area contributed by atoms with Crippen LogP contribution in [0.1, 0.15) is 50.3 Å². The van der Waals surface area contributed by atoms with Crippen molar-refractivity contribution in [2.75, 3.05) is 18.5 Å². The predicted molar refractivity (Wildman–Crippen MR) is 112 cm³/mol. The zero-order valence-electron chi connectivity index (χ0n) is 16.8. The third kappa shape index (κ3) is 5.61. The second-order valence-corrected chi connectivity index (χ2v) is 6.59. The number of ether oxygens (including phenoxy) is 2. The largest absolute Gasteiger partial charge is 0.490 e. The molecule has 0 bridgehead atoms. The van der Waals surface area contributed by atoms with Gasteiger partial charge in [0.15, 0.2) is 11.5 Å². The Bertz CT molecular complexity index is 809. The molecule has 144 valence electrons. The molecule has 0 aliphatic heterocycles. The van der Waals surface area contributed by atoms with E-state index in [1.54, 1.807) is 12.2 Å². The summed E-state index contributed by atoms with van der Waals surface area (Å²) in [5.41, 5.74) is 3.97. The standard InChI is InChI=1S/C23H29NO3/c1-6-26-20-13-11-18(15-21(20)27-7-2)12-14-22(25)24-23-17(5)9-8-10-19(23)16(3)4/h8-16H,6-7H2,1-5H3,(H,24,25)/b14-12+. The molecule has 2 aromatic carbocycles. The van der Waals surface area contributed by atoms with Crippen molar-refractivity contribution in [1.29, 1.82) is 0 Å². The van der Waals surface area contributed by atoms with E-state index < -0.39 is 0 Å². The fraction of sp³-hybridized carbons (Fsp3) is 0.348. The number of rotatable bonds is 8. The predicted octanol–water partition coefficient (Wildman–Crippen LogP) is 5.57. The third-order valence-corrected chi connectivity index (χ3v) is 4.17. The van der Waals surface area contributed by atoms with Gasteiger partial charge in [-0.15, -0.1) is 0 Å². The summed E-state index contributed by atoms with van der Waals surface area (Å²) in [6.07, 6.45) is 3.32. The first-order valence-corrected chi connectivity index (χ1v) is 9.44. The molecule has 27 heavy (non-hydrogen) atoms. The molecular formula is C23H29NO3. The molecule has 0 atom stereocenters. The normalized spacial score (nSPS) is 11.0. The van der Waals surface area contributed by atoms with Crippen LogP contribution in [0, 0.1) is 6.92 Å². The lowest BCUT2D eigenvalue weighted by atomic mass is 9.98. The highest BCUT2D eigenvalue weighted by molar-refractivity contribution is 6.02. The lowest BCUT2D eigenvalue weighted by Crippen LogP contribution is -2.11. The first kappa shape index (κ1) is 20.6. The number of carbonyl (C=O) groups excluding carboxylic acids is 1. The van der Waals surface area contributed by atoms with Crippen LogP contribution in [0.5, 0.6) is 11.5 Å². The SMILES string of the molecule is CCOc1ccc(/C=C/C(=O)Nc2c(C)cccc2C(C)C)cc1OCC. The van der Waals surface area contributed by atoms with Crippen LogP contribution in [0.25, 0.3) is 6.08 Å². The minimum absolute atomic E-state index is 0.155. The van der Waals surface area contributed by atoms with E-state index in [4.69, 9.17) is 9.47 Å². The first-order valence-electron chi connectivity index (χ1n) is 9.44. The van der Waals surface area contributed by atoms with E-state index in [9.17, 15) is 4.79 Å². The molecule has 1 N–H and O–H groups in total. The number of carbonyl (C=O) groups is 1. The topological polar surface area (TPSA) is 47.6 Å². The molecule has 0 fully saturated rings. The number of amides is 1. The Morgan fingerprint density at radius 2 is 1.78 bits per heavy atom. The van der Waals surface area contributed by atoms with Gasteiger partial charge < -0.3 is 14.8 Å². The molecule has 0 aromatic heterocycles. The van der Waals surface area contributed by atoms with Gasteiger partial charge in [0.25, 0.3) is 0 Å². The summed E-state index contributed by atoms with van der Waals surface area (Å²) in [5.74, 6) is 1.58. The lowest BCUT2D eigenvalue weighted by molar-refractivity contribution is -0.111. The third-order valence-electron chi connectivity index (χ3n) is 4.17. The van der Waals surface area contributed by atoms with Gasteiger partial charge in [-0.3, -0.25) is 4.79 Å². The van der Waals surface area contributed by atoms with Crippen molar-refractivity contribution in [2.45, 2.75) is 40.5 Å². The van der Waals surface area contributed by atoms with Gasteiger partial charge in [0.1, 0.15) is 0 Å². The monoisotopic (exact) mass is 367 g/mol. The van der Waals surface area contributed by atoms with Crippen LogP contribution in [0.3, 0.4) is 0 Å². The number of para-hydroxylation sites is 1. The molecule has 1 amide bonds. The van der Waals surface area contributed by atoms with Gasteiger partial charge in [-0.05, 0) is 61.6 Å². The first-order chi connectivity index (χ1) is 13.0. The number of aryl methyl sites for hydroxylation is 1. The minimum atomic E-state index is -0.155. The fourth-order valence-corrected chi connectivity index (χ4v) is 2.85. The lowest BCUT2D eigenvalue weighted by Gasteiger charge is -2.15. The van der Waals surface area contributed by atoms with Gasteiger partial charge in [-0.25, -0.2) is 0 Å². The zero-order valence-corrected chi connectivity index (χ0v) is 16.8. The van der Waals surface area contributed by atoms with Gasteiger partial charge in [-0.1, -0.05) is 38.1 Å². The summed E-state index contributed by atoms with van der Waals surface area (Å²) >= 11 is 0. The highest BCUT2D eigenvalue weighted by atomic mass is 16.5. The van der Waals surface area contributed by atoms with E-state index in [2.05, 4.69) is 25.2 Å². The molecule has 0 radical (unpaired) electrons. The van der Waals surface area contributed by atoms with Crippen molar-refractivity contribution >= 4 is 17.7 Å². The molecule has 0 heterocycles. The van der Waals surface area contributed by atoms with Crippen molar-refractivity contribution in [3.05, 3.63) is 59.2 Å². The summed E-state index contributed by atoms with van der Waals surface area (Å²) in [7, 11) is 0. The van der Waals surface area contributed by atoms with Crippen LogP contribution >= 0.6 is 0 Å². The maximum absolute atomic E-state index is 12.4. The van der Waals surface area contributed by atoms with Crippen molar-refractivity contribution in [2.24, 2.45) is 0 Å². The number of nitrogens with one attached hydrogen (secondary N) is 1. The average molecular weight is 367 g/mol. The second kappa shape index (κ2) is 9.81. The van der Waals surface area contributed by atoms with E-state index in [1.807, 2.05) is 51.1 Å². The Balaban J connectivity index is 2.17. The van der Waals surface area contributed by atoms with Crippen molar-refractivity contribution in [3.63, 3.8) is 0 Å². The average Bonchev–Trinajstić information content (AvgIpc) is 2.63. The van der Waals surface area contributed by atoms with Gasteiger partial charge in [0.2, 0.25) is 5.91 Å². The highest BCUT2D eigenvalue weighted by Crippen LogP contribution is 2.29. The van der Waals surface area contributed by atoms with E-state index in [0.717, 1.165) is 22.4 Å². The van der Waals surface area contributed by atoms with Crippen LogP contribution in [0.2, 0.25) is 0 Å². The van der Waals surface area contributed by atoms with Gasteiger partial charge in [0, 0.05) is 11.8 Å². The van der Waals surface area contributed by atoms with E-state index >= 15 is 0 Å². The molecule has 2 aromatic rings. The Morgan fingerprint density at radius 3 is 2.44 bits per heavy atom. The summed E-state index contributed by atoms with van der Waals surface area (Å²) < 4.78 is 11.2. The van der Waals surface area contributed by atoms with Crippen molar-refractivity contribution in [1.82, 2.24) is 0 Å². The van der Waals surface area contributed by atoms with E-state index in [1.165, 1.54) is 0 Å². The molecule has 0 spiro atoms. The molecular weight excluding hydrogens is 338 g/mol. The number of anilines is 1. The molecule has 4 heteroatoms. The fourth-order valence-electron chi connectivity index (χ4n) is 2.85. The maximum atomic E-state index is 12.4. The van der Waals surface area contributed by atoms with Crippen LogP contribution in [0.4, 0.5) is 5.69 Å². The highest BCUT2D eigenvalue weighted by Gasteiger charge is 2.11. The maximum Gasteiger partial charge on any atom is 0.248 e. The van der Waals surface area contributed by atoms with Crippen LogP contribution < -0.4 is 14.8 Å². The summed E-state index contributed by atoms with van der Waals surface area (Å²) in [4.78, 5) is 12.4. The van der Waals surface area contributed by atoms with E-state index in [-0.39, 0.29) is 5.91 Å². The summed E-state index contributed by atoms with van der Waals surface area (Å²) in [5, 5.41) is 3.02. The summed E-state index contributed by atoms with van der Waals surface area (Å²) in [6, 6.07) is 11.7. The van der Waals surface area contributed by atoms with Crippen LogP contribution in [0.15, 0.2) is 42.5 Å². The number of hydrogen-bond donors (Lipinski definition) is 1. The molecule has 0 aliphatic rings. The molecule has 0 saturated carbocycles. The minimum Gasteiger partial charge on any atom is -0.490 e.